The molecule has 0 spiro atoms. The van der Waals surface area contributed by atoms with Gasteiger partial charge in [-0.2, -0.15) is 0 Å². The zero-order chi connectivity index (χ0) is 12.0. The smallest absolute Gasteiger partial charge is 0.304 e. The third-order valence-electron chi connectivity index (χ3n) is 1.65. The van der Waals surface area contributed by atoms with Crippen molar-refractivity contribution in [3.8, 4) is 5.75 Å². The molecule has 0 saturated carbocycles. The second kappa shape index (κ2) is 6.37. The van der Waals surface area contributed by atoms with Crippen LogP contribution in [0.1, 0.15) is 20.3 Å². The van der Waals surface area contributed by atoms with Gasteiger partial charge in [-0.25, -0.2) is 4.98 Å². The van der Waals surface area contributed by atoms with Crippen LogP contribution in [0.15, 0.2) is 23.4 Å². The van der Waals surface area contributed by atoms with Gasteiger partial charge < -0.3 is 9.84 Å². The second-order valence-electron chi connectivity index (χ2n) is 3.47. The highest BCUT2D eigenvalue weighted by atomic mass is 32.2. The molecular weight excluding hydrogens is 226 g/mol. The topological polar surface area (TPSA) is 59.4 Å². The van der Waals surface area contributed by atoms with Gasteiger partial charge in [-0.15, -0.1) is 11.8 Å². The first kappa shape index (κ1) is 12.8. The van der Waals surface area contributed by atoms with Gasteiger partial charge in [0.1, 0.15) is 5.03 Å². The summed E-state index contributed by atoms with van der Waals surface area (Å²) in [5, 5.41) is 9.29. The molecule has 1 rings (SSSR count). The first-order valence-corrected chi connectivity index (χ1v) is 6.04. The Balaban J connectivity index is 2.60. The number of aliphatic carboxylic acids is 1. The summed E-state index contributed by atoms with van der Waals surface area (Å²) >= 11 is 1.40. The van der Waals surface area contributed by atoms with E-state index in [1.165, 1.54) is 11.8 Å². The minimum Gasteiger partial charge on any atom is -0.488 e. The number of carboxylic acid groups (broad SMARTS) is 1. The van der Waals surface area contributed by atoms with Gasteiger partial charge in [0.15, 0.2) is 5.75 Å². The number of aromatic nitrogens is 1. The molecule has 0 radical (unpaired) electrons. The summed E-state index contributed by atoms with van der Waals surface area (Å²) in [7, 11) is 0. The molecule has 0 aliphatic heterocycles. The number of thioether (sulfide) groups is 1. The predicted molar refractivity (Wildman–Crippen MR) is 63.0 cm³/mol. The first-order valence-electron chi connectivity index (χ1n) is 5.06. The van der Waals surface area contributed by atoms with Gasteiger partial charge in [0, 0.05) is 11.9 Å². The van der Waals surface area contributed by atoms with Crippen molar-refractivity contribution < 1.29 is 14.6 Å². The summed E-state index contributed by atoms with van der Waals surface area (Å²) in [6.07, 6.45) is 1.89. The van der Waals surface area contributed by atoms with Crippen LogP contribution in [-0.2, 0) is 4.79 Å². The monoisotopic (exact) mass is 241 g/mol. The SMILES string of the molecule is CC(C)Oc1cccnc1SCCC(=O)O. The maximum atomic E-state index is 10.4. The van der Waals surface area contributed by atoms with Crippen molar-refractivity contribution >= 4 is 17.7 Å². The molecule has 0 aliphatic rings. The largest absolute Gasteiger partial charge is 0.488 e. The van der Waals surface area contributed by atoms with Gasteiger partial charge in [0.25, 0.3) is 0 Å². The number of ether oxygens (including phenoxy) is 1. The van der Waals surface area contributed by atoms with E-state index in [2.05, 4.69) is 4.98 Å². The van der Waals surface area contributed by atoms with Gasteiger partial charge in [-0.3, -0.25) is 4.79 Å². The van der Waals surface area contributed by atoms with Crippen molar-refractivity contribution in [3.05, 3.63) is 18.3 Å². The van der Waals surface area contributed by atoms with E-state index in [9.17, 15) is 4.79 Å². The lowest BCUT2D eigenvalue weighted by Gasteiger charge is -2.12. The summed E-state index contributed by atoms with van der Waals surface area (Å²) in [5.74, 6) is 0.420. The van der Waals surface area contributed by atoms with Crippen LogP contribution in [0.5, 0.6) is 5.75 Å². The van der Waals surface area contributed by atoms with E-state index >= 15 is 0 Å². The summed E-state index contributed by atoms with van der Waals surface area (Å²) in [4.78, 5) is 14.6. The van der Waals surface area contributed by atoms with E-state index in [4.69, 9.17) is 9.84 Å². The molecule has 1 heterocycles. The van der Waals surface area contributed by atoms with E-state index in [0.29, 0.717) is 11.5 Å². The van der Waals surface area contributed by atoms with Crippen LogP contribution in [-0.4, -0.2) is 27.9 Å². The molecule has 0 aliphatic carbocycles. The number of carbonyl (C=O) groups is 1. The highest BCUT2D eigenvalue weighted by Crippen LogP contribution is 2.27. The molecule has 1 aromatic heterocycles. The molecular formula is C11H15NO3S. The van der Waals surface area contributed by atoms with Gasteiger partial charge in [-0.05, 0) is 26.0 Å². The fourth-order valence-electron chi connectivity index (χ4n) is 1.06. The average molecular weight is 241 g/mol. The Hall–Kier alpha value is -1.23. The molecule has 0 unspecified atom stereocenters. The lowest BCUT2D eigenvalue weighted by molar-refractivity contribution is -0.136. The standard InChI is InChI=1S/C11H15NO3S/c1-8(2)15-9-4-3-6-12-11(9)16-7-5-10(13)14/h3-4,6,8H,5,7H2,1-2H3,(H,13,14). The first-order chi connectivity index (χ1) is 7.59. The minimum atomic E-state index is -0.797. The van der Waals surface area contributed by atoms with Crippen LogP contribution in [0.25, 0.3) is 0 Å². The van der Waals surface area contributed by atoms with E-state index in [1.54, 1.807) is 12.3 Å². The minimum absolute atomic E-state index is 0.0861. The second-order valence-corrected chi connectivity index (χ2v) is 4.55. The molecule has 16 heavy (non-hydrogen) atoms. The molecule has 4 nitrogen and oxygen atoms in total. The zero-order valence-electron chi connectivity index (χ0n) is 9.34. The molecule has 1 aromatic rings. The maximum Gasteiger partial charge on any atom is 0.304 e. The molecule has 88 valence electrons. The fraction of sp³-hybridized carbons (Fsp3) is 0.455. The Bertz CT molecular complexity index is 355. The number of carboxylic acids is 1. The molecule has 0 atom stereocenters. The predicted octanol–water partition coefficient (Wildman–Crippen LogP) is 2.44. The Morgan fingerprint density at radius 3 is 3.00 bits per heavy atom. The van der Waals surface area contributed by atoms with Crippen molar-refractivity contribution in [2.75, 3.05) is 5.75 Å². The summed E-state index contributed by atoms with van der Waals surface area (Å²) in [6, 6.07) is 3.65. The summed E-state index contributed by atoms with van der Waals surface area (Å²) in [5.41, 5.74) is 0. The highest BCUT2D eigenvalue weighted by molar-refractivity contribution is 7.99. The Morgan fingerprint density at radius 2 is 2.38 bits per heavy atom. The number of hydrogen-bond acceptors (Lipinski definition) is 4. The zero-order valence-corrected chi connectivity index (χ0v) is 10.2. The van der Waals surface area contributed by atoms with Crippen LogP contribution < -0.4 is 4.74 Å². The fourth-order valence-corrected chi connectivity index (χ4v) is 1.93. The van der Waals surface area contributed by atoms with Crippen LogP contribution >= 0.6 is 11.8 Å². The number of nitrogens with zero attached hydrogens (tertiary/aromatic N) is 1. The molecule has 0 amide bonds. The van der Waals surface area contributed by atoms with Crippen molar-refractivity contribution in [1.82, 2.24) is 4.98 Å². The lowest BCUT2D eigenvalue weighted by Crippen LogP contribution is -2.07. The van der Waals surface area contributed by atoms with Gasteiger partial charge >= 0.3 is 5.97 Å². The maximum absolute atomic E-state index is 10.4. The lowest BCUT2D eigenvalue weighted by atomic mass is 10.4. The Labute approximate surface area is 99.0 Å². The normalized spacial score (nSPS) is 10.4. The molecule has 0 bridgehead atoms. The van der Waals surface area contributed by atoms with Gasteiger partial charge in [0.05, 0.1) is 12.5 Å². The summed E-state index contributed by atoms with van der Waals surface area (Å²) < 4.78 is 5.57. The highest BCUT2D eigenvalue weighted by Gasteiger charge is 2.07. The van der Waals surface area contributed by atoms with E-state index in [0.717, 1.165) is 5.03 Å². The van der Waals surface area contributed by atoms with Gasteiger partial charge in [0.2, 0.25) is 0 Å². The molecule has 0 saturated heterocycles. The van der Waals surface area contributed by atoms with Crippen molar-refractivity contribution in [2.24, 2.45) is 0 Å². The van der Waals surface area contributed by atoms with E-state index < -0.39 is 5.97 Å². The van der Waals surface area contributed by atoms with Crippen LogP contribution in [0.4, 0.5) is 0 Å². The summed E-state index contributed by atoms with van der Waals surface area (Å²) in [6.45, 7) is 3.89. The molecule has 5 heteroatoms. The molecule has 1 N–H and O–H groups in total. The van der Waals surface area contributed by atoms with E-state index in [1.807, 2.05) is 19.9 Å². The number of pyridine rings is 1. The molecule has 0 fully saturated rings. The van der Waals surface area contributed by atoms with Crippen LogP contribution in [0.2, 0.25) is 0 Å². The van der Waals surface area contributed by atoms with E-state index in [-0.39, 0.29) is 12.5 Å². The number of rotatable bonds is 6. The van der Waals surface area contributed by atoms with Crippen molar-refractivity contribution in [3.63, 3.8) is 0 Å². The van der Waals surface area contributed by atoms with Crippen molar-refractivity contribution in [2.45, 2.75) is 31.4 Å². The third kappa shape index (κ3) is 4.53. The third-order valence-corrected chi connectivity index (χ3v) is 2.64. The Morgan fingerprint density at radius 1 is 1.62 bits per heavy atom. The van der Waals surface area contributed by atoms with Crippen LogP contribution in [0, 0.1) is 0 Å². The van der Waals surface area contributed by atoms with Gasteiger partial charge in [-0.1, -0.05) is 0 Å². The Kier molecular flexibility index (Phi) is 5.11. The number of hydrogen-bond donors (Lipinski definition) is 1. The van der Waals surface area contributed by atoms with Crippen LogP contribution in [0.3, 0.4) is 0 Å². The van der Waals surface area contributed by atoms with Crippen molar-refractivity contribution in [1.29, 1.82) is 0 Å². The average Bonchev–Trinajstić information content (AvgIpc) is 2.19. The molecule has 0 aromatic carbocycles. The quantitative estimate of drug-likeness (QED) is 0.775.